The van der Waals surface area contributed by atoms with E-state index in [9.17, 15) is 24.6 Å². The predicted molar refractivity (Wildman–Crippen MR) is 197 cm³/mol. The Morgan fingerprint density at radius 2 is 1.76 bits per heavy atom. The SMILES string of the molecule is CCCCCC1(CCCCC)O[C@@H]2[C@H]3ON(Cc4ccccc4C=CC4CCC5OC5C4)[C@H]4C(=O)OC(CC34C(=O)N[C@@H](C(=O)NCCO)[C@H](C)O)[C@@H]2O1. The summed E-state index contributed by atoms with van der Waals surface area (Å²) in [5, 5.41) is 26.9. The van der Waals surface area contributed by atoms with Crippen molar-refractivity contribution in [3.05, 3.63) is 41.5 Å². The zero-order chi connectivity index (χ0) is 38.0. The van der Waals surface area contributed by atoms with Crippen LogP contribution in [0.5, 0.6) is 0 Å². The van der Waals surface area contributed by atoms with Gasteiger partial charge in [-0.1, -0.05) is 75.9 Å². The summed E-state index contributed by atoms with van der Waals surface area (Å²) in [6, 6.07) is 5.45. The van der Waals surface area contributed by atoms with Gasteiger partial charge in [0.2, 0.25) is 11.8 Å². The number of hydrogen-bond acceptors (Lipinski definition) is 11. The van der Waals surface area contributed by atoms with E-state index in [-0.39, 0.29) is 26.1 Å². The molecule has 6 aliphatic rings. The fraction of sp³-hybridized carbons (Fsp3) is 0.732. The van der Waals surface area contributed by atoms with Gasteiger partial charge in [0, 0.05) is 25.8 Å². The average Bonchev–Trinajstić information content (AvgIpc) is 3.70. The Hall–Kier alpha value is -2.91. The highest BCUT2D eigenvalue weighted by Crippen LogP contribution is 2.58. The minimum Gasteiger partial charge on any atom is -0.458 e. The van der Waals surface area contributed by atoms with Gasteiger partial charge in [-0.2, -0.15) is 5.06 Å². The van der Waals surface area contributed by atoms with Gasteiger partial charge < -0.3 is 39.8 Å². The summed E-state index contributed by atoms with van der Waals surface area (Å²) in [6.45, 7) is 5.55. The molecule has 298 valence electrons. The van der Waals surface area contributed by atoms with Gasteiger partial charge in [0.25, 0.3) is 0 Å². The monoisotopic (exact) mass is 753 g/mol. The molecule has 13 heteroatoms. The summed E-state index contributed by atoms with van der Waals surface area (Å²) in [6.07, 6.45) is 11.3. The number of unbranched alkanes of at least 4 members (excludes halogenated alkanes) is 4. The van der Waals surface area contributed by atoms with Crippen molar-refractivity contribution in [1.29, 1.82) is 0 Å². The van der Waals surface area contributed by atoms with Crippen LogP contribution in [0.2, 0.25) is 0 Å². The van der Waals surface area contributed by atoms with E-state index in [4.69, 9.17) is 23.8 Å². The quantitative estimate of drug-likeness (QED) is 0.0981. The molecule has 4 heterocycles. The van der Waals surface area contributed by atoms with E-state index in [0.717, 1.165) is 68.9 Å². The number of aliphatic hydroxyl groups is 2. The number of aliphatic hydroxyl groups excluding tert-OH is 2. The van der Waals surface area contributed by atoms with Gasteiger partial charge in [-0.3, -0.25) is 19.2 Å². The van der Waals surface area contributed by atoms with Gasteiger partial charge in [-0.15, -0.1) is 0 Å². The number of rotatable bonds is 18. The van der Waals surface area contributed by atoms with Gasteiger partial charge >= 0.3 is 5.97 Å². The molecule has 0 radical (unpaired) electrons. The molecular weight excluding hydrogens is 694 g/mol. The second-order valence-corrected chi connectivity index (χ2v) is 16.3. The number of nitrogens with zero attached hydrogens (tertiary/aromatic N) is 1. The molecule has 2 saturated carbocycles. The fourth-order valence-corrected chi connectivity index (χ4v) is 9.53. The molecule has 0 spiro atoms. The second kappa shape index (κ2) is 16.7. The number of epoxide rings is 1. The molecule has 4 aliphatic heterocycles. The number of hydrogen-bond donors (Lipinski definition) is 4. The Kier molecular flexibility index (Phi) is 12.1. The van der Waals surface area contributed by atoms with E-state index < -0.39 is 71.6 Å². The average molecular weight is 754 g/mol. The van der Waals surface area contributed by atoms with Crippen LogP contribution in [-0.2, 0) is 44.7 Å². The van der Waals surface area contributed by atoms with Crippen LogP contribution in [-0.4, -0.2) is 107 Å². The number of ether oxygens (including phenoxy) is 4. The third-order valence-electron chi connectivity index (χ3n) is 12.4. The lowest BCUT2D eigenvalue weighted by molar-refractivity contribution is -0.224. The van der Waals surface area contributed by atoms with E-state index in [1.807, 2.05) is 24.3 Å². The molecule has 2 amide bonds. The number of esters is 1. The van der Waals surface area contributed by atoms with Crippen LogP contribution in [0.25, 0.3) is 6.08 Å². The molecule has 1 aromatic rings. The van der Waals surface area contributed by atoms with E-state index in [2.05, 4.69) is 36.6 Å². The second-order valence-electron chi connectivity index (χ2n) is 16.3. The van der Waals surface area contributed by atoms with Crippen LogP contribution < -0.4 is 10.6 Å². The lowest BCUT2D eigenvalue weighted by atomic mass is 9.62. The smallest absolute Gasteiger partial charge is 0.327 e. The Bertz CT molecular complexity index is 1530. The third-order valence-corrected chi connectivity index (χ3v) is 12.4. The maximum Gasteiger partial charge on any atom is 0.327 e. The molecule has 11 atom stereocenters. The molecule has 2 aliphatic carbocycles. The molecule has 4 N–H and O–H groups in total. The summed E-state index contributed by atoms with van der Waals surface area (Å²) in [4.78, 5) is 49.1. The Morgan fingerprint density at radius 3 is 2.46 bits per heavy atom. The summed E-state index contributed by atoms with van der Waals surface area (Å²) >= 11 is 0. The predicted octanol–water partition coefficient (Wildman–Crippen LogP) is 3.68. The number of fused-ring (bicyclic) bond motifs is 5. The number of nitrogens with one attached hydrogen (secondary N) is 2. The van der Waals surface area contributed by atoms with Crippen molar-refractivity contribution in [3.63, 3.8) is 0 Å². The van der Waals surface area contributed by atoms with Crippen LogP contribution in [0, 0.1) is 11.3 Å². The highest BCUT2D eigenvalue weighted by Gasteiger charge is 2.76. The number of benzene rings is 1. The lowest BCUT2D eigenvalue weighted by Crippen LogP contribution is -2.71. The van der Waals surface area contributed by atoms with E-state index in [1.54, 1.807) is 5.06 Å². The van der Waals surface area contributed by atoms with Gasteiger partial charge in [-0.25, -0.2) is 0 Å². The Balaban J connectivity index is 1.22. The van der Waals surface area contributed by atoms with Crippen molar-refractivity contribution >= 4 is 23.9 Å². The lowest BCUT2D eigenvalue weighted by Gasteiger charge is -2.49. The van der Waals surface area contributed by atoms with E-state index in [1.165, 1.54) is 6.92 Å². The van der Waals surface area contributed by atoms with Gasteiger partial charge in [0.05, 0.1) is 31.5 Å². The first-order valence-electron chi connectivity index (χ1n) is 20.4. The van der Waals surface area contributed by atoms with Crippen LogP contribution in [0.3, 0.4) is 0 Å². The van der Waals surface area contributed by atoms with Crippen LogP contribution in [0.4, 0.5) is 0 Å². The normalized spacial score (nSPS) is 34.5. The number of carbonyl (C=O) groups is 3. The highest BCUT2D eigenvalue weighted by atomic mass is 16.8. The Labute approximate surface area is 318 Å². The molecule has 6 fully saturated rings. The summed E-state index contributed by atoms with van der Waals surface area (Å²) < 4.78 is 25.8. The molecule has 7 rings (SSSR count). The zero-order valence-corrected chi connectivity index (χ0v) is 32.0. The molecule has 5 unspecified atom stereocenters. The van der Waals surface area contributed by atoms with Gasteiger partial charge in [0.1, 0.15) is 35.9 Å². The fourth-order valence-electron chi connectivity index (χ4n) is 9.53. The number of carbonyl (C=O) groups excluding carboxylic acids is 3. The van der Waals surface area contributed by atoms with Crippen molar-refractivity contribution < 1.29 is 48.4 Å². The van der Waals surface area contributed by atoms with Crippen LogP contribution in [0.1, 0.15) is 109 Å². The van der Waals surface area contributed by atoms with Crippen molar-refractivity contribution in [1.82, 2.24) is 15.7 Å². The maximum atomic E-state index is 14.9. The van der Waals surface area contributed by atoms with E-state index in [0.29, 0.717) is 31.0 Å². The molecular formula is C41H59N3O10. The first-order valence-corrected chi connectivity index (χ1v) is 20.4. The maximum absolute atomic E-state index is 14.9. The molecule has 0 aromatic heterocycles. The van der Waals surface area contributed by atoms with Crippen molar-refractivity contribution in [2.75, 3.05) is 13.2 Å². The van der Waals surface area contributed by atoms with Crippen molar-refractivity contribution in [2.24, 2.45) is 11.3 Å². The minimum absolute atomic E-state index is 0.0455. The molecule has 4 saturated heterocycles. The largest absolute Gasteiger partial charge is 0.458 e. The minimum atomic E-state index is -1.52. The van der Waals surface area contributed by atoms with Crippen LogP contribution in [0.15, 0.2) is 30.3 Å². The summed E-state index contributed by atoms with van der Waals surface area (Å²) in [5.41, 5.74) is 0.369. The number of amides is 2. The van der Waals surface area contributed by atoms with Gasteiger partial charge in [-0.05, 0) is 56.1 Å². The standard InChI is InChI=1S/C41H59N3O10/c1-4-6-10-18-40(19-11-7-5-2)52-33-31-23-41(39(49)43-32(25(3)46)37(47)42-20-21-45)35(38(48)51-31)44(54-36(41)34(33)53-40)24-28-13-9-8-12-27(28)16-14-26-15-17-29-30(22-26)50-29/h8-9,12-14,16,25-26,29-36,45-46H,4-7,10-11,15,17-24H2,1-3H3,(H,42,47)(H,43,49)/t25-,26?,29?,30?,31?,32+,33-,34-,35-,36+,41?/m0/s1. The first kappa shape index (κ1) is 39.3. The van der Waals surface area contributed by atoms with Crippen molar-refractivity contribution in [3.8, 4) is 0 Å². The molecule has 54 heavy (non-hydrogen) atoms. The highest BCUT2D eigenvalue weighted by molar-refractivity contribution is 5.96. The molecule has 2 bridgehead atoms. The molecule has 13 nitrogen and oxygen atoms in total. The number of hydroxylamine groups is 2. The summed E-state index contributed by atoms with van der Waals surface area (Å²) in [5.74, 6) is -2.34. The van der Waals surface area contributed by atoms with E-state index >= 15 is 0 Å². The van der Waals surface area contributed by atoms with Crippen LogP contribution >= 0.6 is 0 Å². The number of allylic oxidation sites excluding steroid dienone is 1. The first-order chi connectivity index (χ1) is 26.1. The van der Waals surface area contributed by atoms with Crippen molar-refractivity contribution in [2.45, 2.75) is 165 Å². The summed E-state index contributed by atoms with van der Waals surface area (Å²) in [7, 11) is 0. The third kappa shape index (κ3) is 7.74. The topological polar surface area (TPSA) is 168 Å². The Morgan fingerprint density at radius 1 is 1.02 bits per heavy atom. The molecule has 1 aromatic carbocycles. The van der Waals surface area contributed by atoms with Gasteiger partial charge in [0.15, 0.2) is 11.8 Å². The zero-order valence-electron chi connectivity index (χ0n) is 32.0.